The lowest BCUT2D eigenvalue weighted by Crippen LogP contribution is -2.26. The van der Waals surface area contributed by atoms with Crippen LogP contribution in [0.15, 0.2) is 42.5 Å². The molecule has 0 radical (unpaired) electrons. The molecule has 0 saturated heterocycles. The maximum atomic E-state index is 13.0. The Bertz CT molecular complexity index is 590. The van der Waals surface area contributed by atoms with E-state index in [2.05, 4.69) is 5.32 Å². The molecule has 2 aromatic carbocycles. The fourth-order valence-corrected chi connectivity index (χ4v) is 1.88. The van der Waals surface area contributed by atoms with Crippen molar-refractivity contribution in [1.82, 2.24) is 0 Å². The van der Waals surface area contributed by atoms with Crippen LogP contribution < -0.4 is 10.1 Å². The topological polar surface area (TPSA) is 41.5 Å². The number of rotatable bonds is 6. The molecule has 0 fully saturated rings. The van der Waals surface area contributed by atoms with Gasteiger partial charge in [0, 0.05) is 23.3 Å². The molecule has 0 aliphatic rings. The van der Waals surface area contributed by atoms with Gasteiger partial charge in [-0.15, -0.1) is 0 Å². The van der Waals surface area contributed by atoms with E-state index in [1.165, 1.54) is 0 Å². The molecule has 0 aliphatic carbocycles. The first kappa shape index (κ1) is 15.5. The Balaban J connectivity index is 1.80. The predicted molar refractivity (Wildman–Crippen MR) is 77.8 cm³/mol. The Hall–Kier alpha value is -1.85. The van der Waals surface area contributed by atoms with E-state index in [0.29, 0.717) is 10.8 Å². The lowest BCUT2D eigenvalue weighted by Gasteiger charge is -2.14. The van der Waals surface area contributed by atoms with E-state index in [0.717, 1.165) is 18.2 Å². The van der Waals surface area contributed by atoms with Crippen LogP contribution in [0.3, 0.4) is 0 Å². The number of benzene rings is 2. The zero-order chi connectivity index (χ0) is 15.2. The van der Waals surface area contributed by atoms with Crippen LogP contribution in [-0.4, -0.2) is 24.4 Å². The molecular weight excluding hydrogens is 300 g/mol. The normalized spacial score (nSPS) is 12.0. The molecule has 3 nitrogen and oxygen atoms in total. The Labute approximate surface area is 126 Å². The zero-order valence-corrected chi connectivity index (χ0v) is 11.8. The van der Waals surface area contributed by atoms with E-state index in [-0.39, 0.29) is 18.8 Å². The van der Waals surface area contributed by atoms with E-state index in [1.54, 1.807) is 24.3 Å². The van der Waals surface area contributed by atoms with Crippen molar-refractivity contribution >= 4 is 17.3 Å². The third kappa shape index (κ3) is 5.21. The number of nitrogens with one attached hydrogen (secondary N) is 1. The van der Waals surface area contributed by atoms with Crippen molar-refractivity contribution < 1.29 is 18.6 Å². The van der Waals surface area contributed by atoms with Crippen LogP contribution in [0.2, 0.25) is 5.02 Å². The zero-order valence-electron chi connectivity index (χ0n) is 11.0. The van der Waals surface area contributed by atoms with Gasteiger partial charge in [0.2, 0.25) is 0 Å². The summed E-state index contributed by atoms with van der Waals surface area (Å²) in [5.41, 5.74) is 0.259. The average molecular weight is 314 g/mol. The molecule has 0 heterocycles. The van der Waals surface area contributed by atoms with Crippen molar-refractivity contribution in [3.8, 4) is 5.75 Å². The number of hydrogen-bond acceptors (Lipinski definition) is 3. The van der Waals surface area contributed by atoms with E-state index in [9.17, 15) is 13.9 Å². The number of anilines is 1. The molecule has 1 atom stereocenters. The maximum absolute atomic E-state index is 13.0. The minimum absolute atomic E-state index is 0.0329. The molecule has 0 amide bonds. The van der Waals surface area contributed by atoms with Crippen molar-refractivity contribution in [2.75, 3.05) is 18.5 Å². The third-order valence-corrected chi connectivity index (χ3v) is 2.88. The lowest BCUT2D eigenvalue weighted by atomic mass is 10.3. The Kier molecular flexibility index (Phi) is 5.36. The SMILES string of the molecule is OC(CNc1cc(F)cc(F)c1)COc1cccc(Cl)c1. The smallest absolute Gasteiger partial charge is 0.128 e. The highest BCUT2D eigenvalue weighted by Crippen LogP contribution is 2.17. The molecule has 2 aromatic rings. The fraction of sp³-hybridized carbons (Fsp3) is 0.200. The van der Waals surface area contributed by atoms with Crippen molar-refractivity contribution in [1.29, 1.82) is 0 Å². The molecule has 0 saturated carbocycles. The van der Waals surface area contributed by atoms with Crippen LogP contribution >= 0.6 is 11.6 Å². The second-order valence-electron chi connectivity index (χ2n) is 4.46. The van der Waals surface area contributed by atoms with Crippen LogP contribution in [0.4, 0.5) is 14.5 Å². The first-order chi connectivity index (χ1) is 10.0. The summed E-state index contributed by atoms with van der Waals surface area (Å²) in [4.78, 5) is 0. The summed E-state index contributed by atoms with van der Waals surface area (Å²) < 4.78 is 31.3. The minimum Gasteiger partial charge on any atom is -0.491 e. The van der Waals surface area contributed by atoms with Crippen LogP contribution in [0, 0.1) is 11.6 Å². The van der Waals surface area contributed by atoms with E-state index in [4.69, 9.17) is 16.3 Å². The standard InChI is InChI=1S/C15H14ClF2NO2/c16-10-2-1-3-15(4-10)21-9-14(20)8-19-13-6-11(17)5-12(18)7-13/h1-7,14,19-20H,8-9H2. The molecule has 2 rings (SSSR count). The molecule has 6 heteroatoms. The quantitative estimate of drug-likeness (QED) is 0.858. The van der Waals surface area contributed by atoms with Gasteiger partial charge in [0.05, 0.1) is 0 Å². The summed E-state index contributed by atoms with van der Waals surface area (Å²) in [5, 5.41) is 13.0. The van der Waals surface area contributed by atoms with Gasteiger partial charge in [-0.1, -0.05) is 17.7 Å². The van der Waals surface area contributed by atoms with Crippen molar-refractivity contribution in [3.63, 3.8) is 0 Å². The molecule has 112 valence electrons. The van der Waals surface area contributed by atoms with Gasteiger partial charge in [0.15, 0.2) is 0 Å². The minimum atomic E-state index is -0.838. The van der Waals surface area contributed by atoms with Crippen molar-refractivity contribution in [2.45, 2.75) is 6.10 Å². The summed E-state index contributed by atoms with van der Waals surface area (Å²) in [5.74, 6) is -0.817. The van der Waals surface area contributed by atoms with Crippen LogP contribution in [0.25, 0.3) is 0 Å². The van der Waals surface area contributed by atoms with Gasteiger partial charge >= 0.3 is 0 Å². The molecule has 0 spiro atoms. The van der Waals surface area contributed by atoms with Crippen LogP contribution in [0.5, 0.6) is 5.75 Å². The van der Waals surface area contributed by atoms with Gasteiger partial charge in [-0.05, 0) is 30.3 Å². The molecule has 0 aromatic heterocycles. The monoisotopic (exact) mass is 313 g/mol. The summed E-state index contributed by atoms with van der Waals surface area (Å²) in [6.45, 7) is 0.134. The van der Waals surface area contributed by atoms with E-state index in [1.807, 2.05) is 0 Å². The highest BCUT2D eigenvalue weighted by atomic mass is 35.5. The Morgan fingerprint density at radius 3 is 2.52 bits per heavy atom. The Morgan fingerprint density at radius 2 is 1.86 bits per heavy atom. The first-order valence-corrected chi connectivity index (χ1v) is 6.67. The van der Waals surface area contributed by atoms with Crippen molar-refractivity contribution in [3.05, 3.63) is 59.1 Å². The summed E-state index contributed by atoms with van der Waals surface area (Å²) >= 11 is 5.81. The maximum Gasteiger partial charge on any atom is 0.128 e. The average Bonchev–Trinajstić information content (AvgIpc) is 2.42. The van der Waals surface area contributed by atoms with Gasteiger partial charge < -0.3 is 15.2 Å². The highest BCUT2D eigenvalue weighted by molar-refractivity contribution is 6.30. The van der Waals surface area contributed by atoms with Crippen molar-refractivity contribution in [2.24, 2.45) is 0 Å². The Morgan fingerprint density at radius 1 is 1.14 bits per heavy atom. The molecule has 0 bridgehead atoms. The van der Waals surface area contributed by atoms with Gasteiger partial charge in [-0.2, -0.15) is 0 Å². The molecule has 2 N–H and O–H groups in total. The molecular formula is C15H14ClF2NO2. The van der Waals surface area contributed by atoms with E-state index < -0.39 is 17.7 Å². The van der Waals surface area contributed by atoms with E-state index >= 15 is 0 Å². The third-order valence-electron chi connectivity index (χ3n) is 2.64. The molecule has 1 unspecified atom stereocenters. The van der Waals surface area contributed by atoms with Gasteiger partial charge in [-0.3, -0.25) is 0 Å². The molecule has 0 aliphatic heterocycles. The number of hydrogen-bond donors (Lipinski definition) is 2. The summed E-state index contributed by atoms with van der Waals surface area (Å²) in [6, 6.07) is 9.87. The van der Waals surface area contributed by atoms with Crippen LogP contribution in [-0.2, 0) is 0 Å². The largest absolute Gasteiger partial charge is 0.491 e. The predicted octanol–water partition coefficient (Wildman–Crippen LogP) is 3.47. The number of halogens is 3. The second-order valence-corrected chi connectivity index (χ2v) is 4.90. The highest BCUT2D eigenvalue weighted by Gasteiger charge is 2.07. The second kappa shape index (κ2) is 7.24. The van der Waals surface area contributed by atoms with Gasteiger partial charge in [0.1, 0.15) is 30.1 Å². The fourth-order valence-electron chi connectivity index (χ4n) is 1.70. The van der Waals surface area contributed by atoms with Crippen LogP contribution in [0.1, 0.15) is 0 Å². The molecule has 21 heavy (non-hydrogen) atoms. The summed E-state index contributed by atoms with van der Waals surface area (Å²) in [7, 11) is 0. The first-order valence-electron chi connectivity index (χ1n) is 6.29. The number of aliphatic hydroxyl groups is 1. The van der Waals surface area contributed by atoms with Gasteiger partial charge in [-0.25, -0.2) is 8.78 Å². The van der Waals surface area contributed by atoms with Gasteiger partial charge in [0.25, 0.3) is 0 Å². The lowest BCUT2D eigenvalue weighted by molar-refractivity contribution is 0.117. The number of ether oxygens (including phenoxy) is 1. The summed E-state index contributed by atoms with van der Waals surface area (Å²) in [6.07, 6.45) is -0.838. The number of aliphatic hydroxyl groups excluding tert-OH is 1.